The maximum Gasteiger partial charge on any atom is 0.477 e. The molecule has 1 heterocycles. The van der Waals surface area contributed by atoms with E-state index in [1.165, 1.54) is 6.07 Å². The number of hydrogen-bond donors (Lipinski definition) is 1. The lowest BCUT2D eigenvalue weighted by Gasteiger charge is -2.45. The van der Waals surface area contributed by atoms with Gasteiger partial charge in [0.2, 0.25) is 10.0 Å². The van der Waals surface area contributed by atoms with Crippen molar-refractivity contribution >= 4 is 52.2 Å². The molecule has 55 heavy (non-hydrogen) atoms. The van der Waals surface area contributed by atoms with E-state index in [1.807, 2.05) is 25.1 Å². The average molecular weight is 799 g/mol. The van der Waals surface area contributed by atoms with Gasteiger partial charge in [0.1, 0.15) is 18.8 Å². The number of carbonyl (C=O) groups is 3. The molecule has 0 unspecified atom stereocenters. The maximum atomic E-state index is 14.6. The Morgan fingerprint density at radius 3 is 1.82 bits per heavy atom. The van der Waals surface area contributed by atoms with Crippen LogP contribution in [0.25, 0.3) is 10.8 Å². The number of phosphoric acid groups is 1. The van der Waals surface area contributed by atoms with Crippen LogP contribution in [-0.4, -0.2) is 77.7 Å². The number of anilines is 1. The van der Waals surface area contributed by atoms with E-state index in [2.05, 4.69) is 4.72 Å². The second kappa shape index (κ2) is 18.3. The molecule has 294 valence electrons. The number of benzene rings is 4. The van der Waals surface area contributed by atoms with E-state index < -0.39 is 73.0 Å². The summed E-state index contributed by atoms with van der Waals surface area (Å²) in [5, 5.41) is 0.971. The number of carbonyl (C=O) groups excluding carboxylic acids is 3. The zero-order chi connectivity index (χ0) is 39.8. The lowest BCUT2D eigenvalue weighted by molar-refractivity contribution is -0.259. The maximum absolute atomic E-state index is 14.6. The van der Waals surface area contributed by atoms with Crippen molar-refractivity contribution in [2.75, 3.05) is 25.6 Å². The van der Waals surface area contributed by atoms with Crippen molar-refractivity contribution < 1.29 is 59.9 Å². The van der Waals surface area contributed by atoms with Crippen molar-refractivity contribution in [3.8, 4) is 0 Å². The Morgan fingerprint density at radius 2 is 1.27 bits per heavy atom. The molecule has 4 aromatic carbocycles. The molecule has 5 atom stereocenters. The van der Waals surface area contributed by atoms with Crippen LogP contribution in [0.2, 0.25) is 0 Å². The van der Waals surface area contributed by atoms with Crippen molar-refractivity contribution in [3.05, 3.63) is 108 Å². The molecule has 0 bridgehead atoms. The number of hydrogen-bond acceptors (Lipinski definition) is 14. The highest BCUT2D eigenvalue weighted by molar-refractivity contribution is 7.89. The third kappa shape index (κ3) is 11.0. The van der Waals surface area contributed by atoms with Gasteiger partial charge in [0, 0.05) is 51.3 Å². The first-order valence-electron chi connectivity index (χ1n) is 17.2. The van der Waals surface area contributed by atoms with Gasteiger partial charge in [-0.15, -0.1) is 0 Å². The van der Waals surface area contributed by atoms with E-state index in [0.717, 1.165) is 26.5 Å². The topological polar surface area (TPSA) is 182 Å². The molecule has 1 fully saturated rings. The first-order chi connectivity index (χ1) is 26.2. The third-order valence-electron chi connectivity index (χ3n) is 8.32. The third-order valence-corrected chi connectivity index (χ3v) is 11.2. The second-order valence-electron chi connectivity index (χ2n) is 12.7. The fourth-order valence-electron chi connectivity index (χ4n) is 5.93. The molecule has 0 aliphatic carbocycles. The largest absolute Gasteiger partial charge is 0.477 e. The average Bonchev–Trinajstić information content (AvgIpc) is 3.14. The monoisotopic (exact) mass is 798 g/mol. The quantitative estimate of drug-likeness (QED) is 0.0880. The van der Waals surface area contributed by atoms with E-state index in [1.54, 1.807) is 84.9 Å². The number of rotatable bonds is 16. The minimum atomic E-state index is -4.74. The summed E-state index contributed by atoms with van der Waals surface area (Å²) < 4.78 is 86.4. The molecular weight excluding hydrogens is 755 g/mol. The molecule has 0 saturated carbocycles. The Kier molecular flexibility index (Phi) is 13.8. The lowest BCUT2D eigenvalue weighted by Crippen LogP contribution is -2.66. The minimum Gasteiger partial charge on any atom is -0.463 e. The molecule has 1 aliphatic rings. The number of nitrogens with one attached hydrogen (secondary N) is 1. The molecule has 4 aromatic rings. The van der Waals surface area contributed by atoms with Gasteiger partial charge in [-0.3, -0.25) is 28.0 Å². The number of phosphoric ester groups is 1. The van der Waals surface area contributed by atoms with E-state index >= 15 is 0 Å². The molecule has 17 heteroatoms. The molecule has 15 nitrogen and oxygen atoms in total. The molecular formula is C38H43N2O13PS. The Hall–Kier alpha value is -4.67. The van der Waals surface area contributed by atoms with Gasteiger partial charge in [0.05, 0.1) is 18.1 Å². The van der Waals surface area contributed by atoms with Gasteiger partial charge < -0.3 is 23.8 Å². The highest BCUT2D eigenvalue weighted by atomic mass is 32.2. The summed E-state index contributed by atoms with van der Waals surface area (Å²) in [6.45, 7) is 2.18. The van der Waals surface area contributed by atoms with Crippen LogP contribution in [-0.2, 0) is 74.7 Å². The zero-order valence-corrected chi connectivity index (χ0v) is 32.6. The van der Waals surface area contributed by atoms with Gasteiger partial charge in [-0.2, -0.15) is 4.72 Å². The second-order valence-corrected chi connectivity index (χ2v) is 16.0. The van der Waals surface area contributed by atoms with Gasteiger partial charge in [-0.05, 0) is 23.3 Å². The normalized spacial score (nSPS) is 20.1. The molecule has 5 rings (SSSR count). The predicted octanol–water partition coefficient (Wildman–Crippen LogP) is 5.26. The standard InChI is InChI=1S/C38H43N2O13PS/c1-25(41)47-24-33-36(50-26(2)42)37(51-27(3)43)35(39-55(45,46)34-21-13-18-30-31(34)19-12-20-32(30)40(4)5)38(52-33)53-54(44,48-22-28-14-8-6-9-15-28)49-23-29-16-10-7-11-17-29/h6-21,33,35-39H,22-24H2,1-5H3/t33-,35-,36-,37-,38-/m1/s1. The molecule has 1 N–H and O–H groups in total. The fraction of sp³-hybridized carbons (Fsp3) is 0.342. The Morgan fingerprint density at radius 1 is 0.727 bits per heavy atom. The first-order valence-corrected chi connectivity index (χ1v) is 20.1. The minimum absolute atomic E-state index is 0.163. The smallest absolute Gasteiger partial charge is 0.463 e. The predicted molar refractivity (Wildman–Crippen MR) is 200 cm³/mol. The Labute approximate surface area is 319 Å². The molecule has 1 saturated heterocycles. The van der Waals surface area contributed by atoms with Gasteiger partial charge in [0.25, 0.3) is 0 Å². The van der Waals surface area contributed by atoms with Crippen LogP contribution in [0.5, 0.6) is 0 Å². The highest BCUT2D eigenvalue weighted by Gasteiger charge is 2.54. The summed E-state index contributed by atoms with van der Waals surface area (Å²) in [5.74, 6) is -2.48. The van der Waals surface area contributed by atoms with Crippen molar-refractivity contribution in [1.82, 2.24) is 4.72 Å². The van der Waals surface area contributed by atoms with Crippen molar-refractivity contribution in [2.24, 2.45) is 0 Å². The van der Waals surface area contributed by atoms with Crippen molar-refractivity contribution in [3.63, 3.8) is 0 Å². The Balaban J connectivity index is 1.61. The van der Waals surface area contributed by atoms with Crippen LogP contribution in [0.3, 0.4) is 0 Å². The van der Waals surface area contributed by atoms with Crippen molar-refractivity contribution in [2.45, 2.75) is 69.5 Å². The molecule has 1 aliphatic heterocycles. The summed E-state index contributed by atoms with van der Waals surface area (Å²) in [5.41, 5.74) is 1.94. The van der Waals surface area contributed by atoms with E-state index in [4.69, 9.17) is 32.5 Å². The zero-order valence-electron chi connectivity index (χ0n) is 30.9. The molecule has 0 spiro atoms. The van der Waals surface area contributed by atoms with Crippen LogP contribution in [0.4, 0.5) is 5.69 Å². The van der Waals surface area contributed by atoms with Gasteiger partial charge >= 0.3 is 25.7 Å². The number of ether oxygens (including phenoxy) is 4. The summed E-state index contributed by atoms with van der Waals surface area (Å²) in [7, 11) is -5.72. The van der Waals surface area contributed by atoms with Crippen LogP contribution in [0.15, 0.2) is 102 Å². The lowest BCUT2D eigenvalue weighted by atomic mass is 9.97. The first kappa shape index (κ1) is 41.5. The SMILES string of the molecule is CC(=O)OC[C@H]1O[C@H](OP(=O)(OCc2ccccc2)OCc2ccccc2)[C@H](NS(=O)(=O)c2cccc3c(N(C)C)cccc23)[C@@H](OC(C)=O)[C@@H]1OC(C)=O. The van der Waals surface area contributed by atoms with Gasteiger partial charge in [-0.1, -0.05) is 84.9 Å². The number of sulfonamides is 1. The van der Waals surface area contributed by atoms with Crippen LogP contribution in [0, 0.1) is 0 Å². The van der Waals surface area contributed by atoms with E-state index in [-0.39, 0.29) is 18.1 Å². The Bertz CT molecular complexity index is 2070. The summed E-state index contributed by atoms with van der Waals surface area (Å²) in [6, 6.07) is 25.5. The van der Waals surface area contributed by atoms with Gasteiger partial charge in [0.15, 0.2) is 18.5 Å². The van der Waals surface area contributed by atoms with Crippen LogP contribution in [0.1, 0.15) is 31.9 Å². The fourth-order valence-corrected chi connectivity index (χ4v) is 8.63. The molecule has 0 radical (unpaired) electrons. The summed E-state index contributed by atoms with van der Waals surface area (Å²) in [6.07, 6.45) is -6.62. The summed E-state index contributed by atoms with van der Waals surface area (Å²) in [4.78, 5) is 38.7. The van der Waals surface area contributed by atoms with Gasteiger partial charge in [-0.25, -0.2) is 13.0 Å². The number of fused-ring (bicyclic) bond motifs is 1. The summed E-state index contributed by atoms with van der Waals surface area (Å²) >= 11 is 0. The van der Waals surface area contributed by atoms with Crippen LogP contribution < -0.4 is 9.62 Å². The highest BCUT2D eigenvalue weighted by Crippen LogP contribution is 2.53. The molecule has 0 aromatic heterocycles. The molecule has 0 amide bonds. The van der Waals surface area contributed by atoms with Crippen LogP contribution >= 0.6 is 7.82 Å². The number of esters is 3. The number of nitrogens with zero attached hydrogens (tertiary/aromatic N) is 1. The van der Waals surface area contributed by atoms with E-state index in [9.17, 15) is 27.4 Å². The van der Waals surface area contributed by atoms with E-state index in [0.29, 0.717) is 21.9 Å². The van der Waals surface area contributed by atoms with Crippen molar-refractivity contribution in [1.29, 1.82) is 0 Å².